The Morgan fingerprint density at radius 3 is 2.54 bits per heavy atom. The SMILES string of the molecule is CC(C)CNC(=O)CCCCn1c(=O)c2ccccc2n(CC(=O)NCc2ccc3c(c2)OCO3)c1=O. The molecule has 0 saturated heterocycles. The Bertz CT molecular complexity index is 1410. The zero-order chi connectivity index (χ0) is 26.4. The van der Waals surface area contributed by atoms with Crippen LogP contribution in [0.5, 0.6) is 11.5 Å². The van der Waals surface area contributed by atoms with E-state index in [-0.39, 0.29) is 38.2 Å². The molecule has 3 aromatic rings. The molecule has 37 heavy (non-hydrogen) atoms. The average molecular weight is 509 g/mol. The van der Waals surface area contributed by atoms with Gasteiger partial charge < -0.3 is 20.1 Å². The number of nitrogens with zero attached hydrogens (tertiary/aromatic N) is 2. The predicted molar refractivity (Wildman–Crippen MR) is 139 cm³/mol. The van der Waals surface area contributed by atoms with E-state index in [9.17, 15) is 19.2 Å². The van der Waals surface area contributed by atoms with Crippen LogP contribution < -0.4 is 31.4 Å². The highest BCUT2D eigenvalue weighted by Crippen LogP contribution is 2.32. The van der Waals surface area contributed by atoms with Gasteiger partial charge in [0, 0.05) is 26.1 Å². The average Bonchev–Trinajstić information content (AvgIpc) is 3.36. The summed E-state index contributed by atoms with van der Waals surface area (Å²) >= 11 is 0. The number of ether oxygens (including phenoxy) is 2. The maximum Gasteiger partial charge on any atom is 0.331 e. The van der Waals surface area contributed by atoms with Crippen LogP contribution in [0.3, 0.4) is 0 Å². The van der Waals surface area contributed by atoms with Crippen molar-refractivity contribution in [1.29, 1.82) is 0 Å². The molecule has 0 atom stereocenters. The van der Waals surface area contributed by atoms with Gasteiger partial charge in [0.1, 0.15) is 6.54 Å². The number of aromatic nitrogens is 2. The molecule has 1 aliphatic heterocycles. The second-order valence-corrected chi connectivity index (χ2v) is 9.46. The van der Waals surface area contributed by atoms with E-state index in [2.05, 4.69) is 10.6 Å². The van der Waals surface area contributed by atoms with Crippen LogP contribution in [-0.2, 0) is 29.2 Å². The molecule has 0 aliphatic carbocycles. The number of unbranched alkanes of at least 4 members (excludes halogenated alkanes) is 1. The third kappa shape index (κ3) is 6.38. The van der Waals surface area contributed by atoms with Crippen molar-refractivity contribution in [2.24, 2.45) is 5.92 Å². The van der Waals surface area contributed by atoms with Gasteiger partial charge in [0.15, 0.2) is 11.5 Å². The molecule has 10 nitrogen and oxygen atoms in total. The molecular formula is C27H32N4O6. The molecule has 4 rings (SSSR count). The smallest absolute Gasteiger partial charge is 0.331 e. The largest absolute Gasteiger partial charge is 0.454 e. The second kappa shape index (κ2) is 11.8. The number of nitrogens with one attached hydrogen (secondary N) is 2. The number of para-hydroxylation sites is 1. The molecule has 0 spiro atoms. The fourth-order valence-corrected chi connectivity index (χ4v) is 4.13. The van der Waals surface area contributed by atoms with Gasteiger partial charge in [-0.05, 0) is 48.6 Å². The Morgan fingerprint density at radius 1 is 0.946 bits per heavy atom. The van der Waals surface area contributed by atoms with Crippen molar-refractivity contribution >= 4 is 22.7 Å². The lowest BCUT2D eigenvalue weighted by molar-refractivity contribution is -0.122. The fraction of sp³-hybridized carbons (Fsp3) is 0.407. The van der Waals surface area contributed by atoms with E-state index in [1.54, 1.807) is 36.4 Å². The highest BCUT2D eigenvalue weighted by atomic mass is 16.7. The predicted octanol–water partition coefficient (Wildman–Crippen LogP) is 2.15. The highest BCUT2D eigenvalue weighted by Gasteiger charge is 2.16. The van der Waals surface area contributed by atoms with Gasteiger partial charge in [-0.2, -0.15) is 0 Å². The fourth-order valence-electron chi connectivity index (χ4n) is 4.13. The molecular weight excluding hydrogens is 476 g/mol. The van der Waals surface area contributed by atoms with E-state index >= 15 is 0 Å². The van der Waals surface area contributed by atoms with Gasteiger partial charge in [0.05, 0.1) is 10.9 Å². The quantitative estimate of drug-likeness (QED) is 0.383. The summed E-state index contributed by atoms with van der Waals surface area (Å²) < 4.78 is 13.1. The first-order valence-corrected chi connectivity index (χ1v) is 12.5. The van der Waals surface area contributed by atoms with Crippen molar-refractivity contribution in [1.82, 2.24) is 19.8 Å². The number of amides is 2. The van der Waals surface area contributed by atoms with E-state index < -0.39 is 11.2 Å². The normalized spacial score (nSPS) is 12.2. The minimum atomic E-state index is -0.550. The third-order valence-electron chi connectivity index (χ3n) is 6.10. The summed E-state index contributed by atoms with van der Waals surface area (Å²) in [5.41, 5.74) is 0.283. The van der Waals surface area contributed by atoms with Crippen LogP contribution in [0.25, 0.3) is 10.9 Å². The molecule has 0 unspecified atom stereocenters. The number of fused-ring (bicyclic) bond motifs is 2. The number of hydrogen-bond acceptors (Lipinski definition) is 6. The Balaban J connectivity index is 1.44. The Labute approximate surface area is 214 Å². The van der Waals surface area contributed by atoms with Gasteiger partial charge in [-0.25, -0.2) is 4.79 Å². The lowest BCUT2D eigenvalue weighted by Gasteiger charge is -2.14. The van der Waals surface area contributed by atoms with Gasteiger partial charge in [0.25, 0.3) is 5.56 Å². The molecule has 0 saturated carbocycles. The van der Waals surface area contributed by atoms with Gasteiger partial charge in [-0.3, -0.25) is 23.5 Å². The van der Waals surface area contributed by atoms with Crippen LogP contribution in [0, 0.1) is 5.92 Å². The van der Waals surface area contributed by atoms with Crippen molar-refractivity contribution in [3.8, 4) is 11.5 Å². The van der Waals surface area contributed by atoms with Crippen LogP contribution in [0.2, 0.25) is 0 Å². The van der Waals surface area contributed by atoms with Gasteiger partial charge >= 0.3 is 5.69 Å². The summed E-state index contributed by atoms with van der Waals surface area (Å²) in [6.07, 6.45) is 1.35. The summed E-state index contributed by atoms with van der Waals surface area (Å²) in [6, 6.07) is 12.2. The van der Waals surface area contributed by atoms with E-state index in [1.807, 2.05) is 19.9 Å². The number of carbonyl (C=O) groups is 2. The first-order valence-electron chi connectivity index (χ1n) is 12.5. The minimum Gasteiger partial charge on any atom is -0.454 e. The molecule has 1 aliphatic rings. The molecule has 10 heteroatoms. The first kappa shape index (κ1) is 26.0. The molecule has 2 N–H and O–H groups in total. The molecule has 0 bridgehead atoms. The summed E-state index contributed by atoms with van der Waals surface area (Å²) in [4.78, 5) is 51.1. The molecule has 2 amide bonds. The highest BCUT2D eigenvalue weighted by molar-refractivity contribution is 5.81. The molecule has 0 radical (unpaired) electrons. The Hall–Kier alpha value is -4.08. The van der Waals surface area contributed by atoms with Crippen LogP contribution >= 0.6 is 0 Å². The zero-order valence-electron chi connectivity index (χ0n) is 21.1. The molecule has 196 valence electrons. The van der Waals surface area contributed by atoms with Crippen molar-refractivity contribution in [3.05, 3.63) is 68.9 Å². The Kier molecular flexibility index (Phi) is 8.27. The lowest BCUT2D eigenvalue weighted by atomic mass is 10.2. The van der Waals surface area contributed by atoms with E-state index in [0.717, 1.165) is 10.1 Å². The maximum absolute atomic E-state index is 13.3. The van der Waals surface area contributed by atoms with E-state index in [4.69, 9.17) is 9.47 Å². The summed E-state index contributed by atoms with van der Waals surface area (Å²) in [5, 5.41) is 6.05. The number of hydrogen-bond donors (Lipinski definition) is 2. The van der Waals surface area contributed by atoms with Crippen molar-refractivity contribution in [2.75, 3.05) is 13.3 Å². The Morgan fingerprint density at radius 2 is 1.73 bits per heavy atom. The summed E-state index contributed by atoms with van der Waals surface area (Å²) in [7, 11) is 0. The van der Waals surface area contributed by atoms with Gasteiger partial charge in [0.2, 0.25) is 18.6 Å². The number of benzene rings is 2. The van der Waals surface area contributed by atoms with Crippen molar-refractivity contribution in [3.63, 3.8) is 0 Å². The lowest BCUT2D eigenvalue weighted by Crippen LogP contribution is -2.42. The van der Waals surface area contributed by atoms with Crippen molar-refractivity contribution in [2.45, 2.75) is 52.7 Å². The first-order chi connectivity index (χ1) is 17.8. The zero-order valence-corrected chi connectivity index (χ0v) is 21.1. The van der Waals surface area contributed by atoms with E-state index in [0.29, 0.717) is 54.1 Å². The van der Waals surface area contributed by atoms with Crippen LogP contribution in [0.15, 0.2) is 52.1 Å². The molecule has 2 heterocycles. The summed E-state index contributed by atoms with van der Waals surface area (Å²) in [5.74, 6) is 1.24. The molecule has 0 fully saturated rings. The van der Waals surface area contributed by atoms with Gasteiger partial charge in [-0.15, -0.1) is 0 Å². The topological polar surface area (TPSA) is 121 Å². The van der Waals surface area contributed by atoms with Crippen LogP contribution in [0.1, 0.15) is 38.7 Å². The molecule has 2 aromatic carbocycles. The monoisotopic (exact) mass is 508 g/mol. The number of rotatable bonds is 11. The van der Waals surface area contributed by atoms with Gasteiger partial charge in [-0.1, -0.05) is 32.0 Å². The van der Waals surface area contributed by atoms with E-state index in [1.165, 1.54) is 4.57 Å². The number of carbonyl (C=O) groups excluding carboxylic acids is 2. The second-order valence-electron chi connectivity index (χ2n) is 9.46. The standard InChI is InChI=1S/C27H32N4O6/c1-18(2)14-28-24(32)9-5-6-12-30-26(34)20-7-3-4-8-21(20)31(27(30)35)16-25(33)29-15-19-10-11-22-23(13-19)37-17-36-22/h3-4,7-8,10-11,13,18H,5-6,9,12,14-17H2,1-2H3,(H,28,32)(H,29,33). The van der Waals surface area contributed by atoms with Crippen LogP contribution in [0.4, 0.5) is 0 Å². The van der Waals surface area contributed by atoms with Crippen LogP contribution in [-0.4, -0.2) is 34.3 Å². The minimum absolute atomic E-state index is 0.0453. The third-order valence-corrected chi connectivity index (χ3v) is 6.10. The summed E-state index contributed by atoms with van der Waals surface area (Å²) in [6.45, 7) is 5.01. The molecule has 1 aromatic heterocycles. The van der Waals surface area contributed by atoms with Crippen molar-refractivity contribution < 1.29 is 19.1 Å². The maximum atomic E-state index is 13.3.